The van der Waals surface area contributed by atoms with Crippen LogP contribution >= 0.6 is 0 Å². The lowest BCUT2D eigenvalue weighted by atomic mass is 9.81. The van der Waals surface area contributed by atoms with Gasteiger partial charge in [0.05, 0.1) is 0 Å². The molecule has 1 saturated carbocycles. The van der Waals surface area contributed by atoms with Crippen molar-refractivity contribution >= 4 is 11.8 Å². The third-order valence-corrected chi connectivity index (χ3v) is 7.40. The molecule has 166 valence electrons. The number of hydrogen-bond acceptors (Lipinski definition) is 3. The van der Waals surface area contributed by atoms with Gasteiger partial charge in [0.15, 0.2) is 0 Å². The summed E-state index contributed by atoms with van der Waals surface area (Å²) in [5.74, 6) is 0.950. The zero-order chi connectivity index (χ0) is 22.0. The van der Waals surface area contributed by atoms with E-state index in [1.54, 1.807) is 24.0 Å². The van der Waals surface area contributed by atoms with Crippen molar-refractivity contribution in [3.63, 3.8) is 0 Å². The van der Waals surface area contributed by atoms with Crippen molar-refractivity contribution in [2.24, 2.45) is 18.9 Å². The maximum Gasteiger partial charge on any atom is 0.272 e. The van der Waals surface area contributed by atoms with Gasteiger partial charge < -0.3 is 9.80 Å². The molecule has 1 aliphatic heterocycles. The first-order chi connectivity index (χ1) is 15.0. The maximum absolute atomic E-state index is 13.1. The first-order valence-electron chi connectivity index (χ1n) is 11.5. The average molecular weight is 423 g/mol. The summed E-state index contributed by atoms with van der Waals surface area (Å²) in [6, 6.07) is 10.4. The molecule has 0 radical (unpaired) electrons. The van der Waals surface area contributed by atoms with Crippen molar-refractivity contribution in [2.75, 3.05) is 20.1 Å². The van der Waals surface area contributed by atoms with Crippen LogP contribution in [0.5, 0.6) is 0 Å². The van der Waals surface area contributed by atoms with Gasteiger partial charge in [-0.3, -0.25) is 14.3 Å². The maximum atomic E-state index is 13.1. The lowest BCUT2D eigenvalue weighted by Gasteiger charge is -2.42. The second-order valence-corrected chi connectivity index (χ2v) is 9.24. The van der Waals surface area contributed by atoms with Gasteiger partial charge in [-0.05, 0) is 62.1 Å². The number of likely N-dealkylation sites (N-methyl/N-ethyl adjacent to an activating group) is 1. The second-order valence-electron chi connectivity index (χ2n) is 9.24. The van der Waals surface area contributed by atoms with Crippen molar-refractivity contribution in [3.8, 4) is 0 Å². The highest BCUT2D eigenvalue weighted by molar-refractivity contribution is 5.92. The number of aromatic nitrogens is 2. The van der Waals surface area contributed by atoms with E-state index < -0.39 is 0 Å². The predicted octanol–water partition coefficient (Wildman–Crippen LogP) is 3.45. The zero-order valence-corrected chi connectivity index (χ0v) is 19.0. The summed E-state index contributed by atoms with van der Waals surface area (Å²) in [5, 5.41) is 4.13. The molecule has 4 rings (SSSR count). The van der Waals surface area contributed by atoms with E-state index >= 15 is 0 Å². The van der Waals surface area contributed by atoms with Crippen LogP contribution in [0.3, 0.4) is 0 Å². The molecule has 2 aliphatic rings. The van der Waals surface area contributed by atoms with Crippen LogP contribution in [0, 0.1) is 18.8 Å². The van der Waals surface area contributed by atoms with Gasteiger partial charge in [-0.1, -0.05) is 30.7 Å². The van der Waals surface area contributed by atoms with Gasteiger partial charge in [0.2, 0.25) is 5.91 Å². The Kier molecular flexibility index (Phi) is 6.44. The molecule has 1 unspecified atom stereocenters. The normalized spacial score (nSPS) is 18.5. The van der Waals surface area contributed by atoms with Crippen molar-refractivity contribution in [3.05, 3.63) is 53.3 Å². The molecular formula is C25H34N4O2. The van der Waals surface area contributed by atoms with Crippen LogP contribution in [0.25, 0.3) is 0 Å². The van der Waals surface area contributed by atoms with Gasteiger partial charge >= 0.3 is 0 Å². The molecule has 31 heavy (non-hydrogen) atoms. The van der Waals surface area contributed by atoms with Crippen LogP contribution in [-0.4, -0.2) is 57.6 Å². The standard InChI is InChI=1S/C25H34N4O2/c1-18-7-4-5-8-21(18)17-23(27(2)24(30)20-9-6-10-20)19-12-15-29(16-13-19)25(31)22-11-14-26-28(22)3/h4-5,7-8,11,14,19-20,23H,6,9-10,12-13,15-17H2,1-3H3. The Labute approximate surface area is 185 Å². The van der Waals surface area contributed by atoms with E-state index in [0.29, 0.717) is 17.5 Å². The van der Waals surface area contributed by atoms with Gasteiger partial charge in [0, 0.05) is 45.3 Å². The average Bonchev–Trinajstić information content (AvgIpc) is 3.17. The number of nitrogens with zero attached hydrogens (tertiary/aromatic N) is 4. The fourth-order valence-electron chi connectivity index (χ4n) is 5.02. The number of benzene rings is 1. The summed E-state index contributed by atoms with van der Waals surface area (Å²) in [6.07, 6.45) is 7.60. The molecule has 1 saturated heterocycles. The van der Waals surface area contributed by atoms with E-state index in [9.17, 15) is 9.59 Å². The third kappa shape index (κ3) is 4.53. The van der Waals surface area contributed by atoms with Crippen LogP contribution in [0.4, 0.5) is 0 Å². The molecule has 0 bridgehead atoms. The molecule has 2 fully saturated rings. The Balaban J connectivity index is 1.47. The van der Waals surface area contributed by atoms with E-state index in [-0.39, 0.29) is 17.9 Å². The largest absolute Gasteiger partial charge is 0.342 e. The molecular weight excluding hydrogens is 388 g/mol. The smallest absolute Gasteiger partial charge is 0.272 e. The molecule has 1 atom stereocenters. The van der Waals surface area contributed by atoms with E-state index in [4.69, 9.17) is 0 Å². The van der Waals surface area contributed by atoms with Crippen LogP contribution < -0.4 is 0 Å². The molecule has 2 aromatic rings. The Morgan fingerprint density at radius 3 is 2.42 bits per heavy atom. The number of carbonyl (C=O) groups excluding carboxylic acids is 2. The van der Waals surface area contributed by atoms with Gasteiger partial charge in [-0.25, -0.2) is 0 Å². The highest BCUT2D eigenvalue weighted by atomic mass is 16.2. The number of carbonyl (C=O) groups is 2. The minimum atomic E-state index is 0.0489. The molecule has 2 amide bonds. The van der Waals surface area contributed by atoms with Crippen molar-refractivity contribution < 1.29 is 9.59 Å². The number of likely N-dealkylation sites (tertiary alicyclic amines) is 1. The minimum absolute atomic E-state index is 0.0489. The number of rotatable bonds is 6. The molecule has 6 heteroatoms. The monoisotopic (exact) mass is 422 g/mol. The van der Waals surface area contributed by atoms with Crippen LogP contribution in [0.1, 0.15) is 53.7 Å². The zero-order valence-electron chi connectivity index (χ0n) is 19.0. The Hall–Kier alpha value is -2.63. The second kappa shape index (κ2) is 9.25. The molecule has 0 N–H and O–H groups in total. The highest BCUT2D eigenvalue weighted by Crippen LogP contribution is 2.32. The van der Waals surface area contributed by atoms with Crippen molar-refractivity contribution in [1.82, 2.24) is 19.6 Å². The highest BCUT2D eigenvalue weighted by Gasteiger charge is 2.36. The van der Waals surface area contributed by atoms with E-state index in [0.717, 1.165) is 45.2 Å². The lowest BCUT2D eigenvalue weighted by molar-refractivity contribution is -0.140. The summed E-state index contributed by atoms with van der Waals surface area (Å²) in [4.78, 5) is 30.0. The fourth-order valence-corrected chi connectivity index (χ4v) is 5.02. The molecule has 1 aromatic carbocycles. The van der Waals surface area contributed by atoms with Crippen LogP contribution in [-0.2, 0) is 18.3 Å². The van der Waals surface area contributed by atoms with Crippen molar-refractivity contribution in [2.45, 2.75) is 51.5 Å². The summed E-state index contributed by atoms with van der Waals surface area (Å²) >= 11 is 0. The topological polar surface area (TPSA) is 58.4 Å². The third-order valence-electron chi connectivity index (χ3n) is 7.40. The number of aryl methyl sites for hydroxylation is 2. The Morgan fingerprint density at radius 1 is 1.13 bits per heavy atom. The summed E-state index contributed by atoms with van der Waals surface area (Å²) in [6.45, 7) is 3.60. The van der Waals surface area contributed by atoms with Crippen LogP contribution in [0.15, 0.2) is 36.5 Å². The SMILES string of the molecule is Cc1ccccc1CC(C1CCN(C(=O)c2ccnn2C)CC1)N(C)C(=O)C1CCC1. The predicted molar refractivity (Wildman–Crippen MR) is 121 cm³/mol. The Bertz CT molecular complexity index is 925. The van der Waals surface area contributed by atoms with Gasteiger partial charge in [-0.15, -0.1) is 0 Å². The number of piperidine rings is 1. The molecule has 0 spiro atoms. The van der Waals surface area contributed by atoms with Crippen LogP contribution in [0.2, 0.25) is 0 Å². The molecule has 6 nitrogen and oxygen atoms in total. The molecule has 1 aliphatic carbocycles. The fraction of sp³-hybridized carbons (Fsp3) is 0.560. The van der Waals surface area contributed by atoms with E-state index in [1.165, 1.54) is 17.5 Å². The summed E-state index contributed by atoms with van der Waals surface area (Å²) < 4.78 is 1.64. The first kappa shape index (κ1) is 21.6. The van der Waals surface area contributed by atoms with Gasteiger partial charge in [0.1, 0.15) is 5.69 Å². The summed E-state index contributed by atoms with van der Waals surface area (Å²) in [5.41, 5.74) is 3.22. The van der Waals surface area contributed by atoms with E-state index in [1.807, 2.05) is 16.8 Å². The minimum Gasteiger partial charge on any atom is -0.342 e. The number of amides is 2. The van der Waals surface area contributed by atoms with Gasteiger partial charge in [-0.2, -0.15) is 5.10 Å². The van der Waals surface area contributed by atoms with Crippen molar-refractivity contribution in [1.29, 1.82) is 0 Å². The molecule has 2 heterocycles. The summed E-state index contributed by atoms with van der Waals surface area (Å²) in [7, 11) is 3.80. The lowest BCUT2D eigenvalue weighted by Crippen LogP contribution is -2.50. The van der Waals surface area contributed by atoms with Gasteiger partial charge in [0.25, 0.3) is 5.91 Å². The molecule has 1 aromatic heterocycles. The first-order valence-corrected chi connectivity index (χ1v) is 11.5. The quantitative estimate of drug-likeness (QED) is 0.716. The van der Waals surface area contributed by atoms with E-state index in [2.05, 4.69) is 36.3 Å². The Morgan fingerprint density at radius 2 is 1.84 bits per heavy atom. The number of hydrogen-bond donors (Lipinski definition) is 0.